The third-order valence-electron chi connectivity index (χ3n) is 1.69. The van der Waals surface area contributed by atoms with Crippen LogP contribution < -0.4 is 0 Å². The number of alkyl halides is 1. The Morgan fingerprint density at radius 2 is 2.33 bits per heavy atom. The van der Waals surface area contributed by atoms with Crippen molar-refractivity contribution in [2.24, 2.45) is 0 Å². The van der Waals surface area contributed by atoms with Crippen molar-refractivity contribution in [3.05, 3.63) is 29.8 Å². The fourth-order valence-corrected chi connectivity index (χ4v) is 1.46. The van der Waals surface area contributed by atoms with Gasteiger partial charge in [-0.15, -0.1) is 0 Å². The normalized spacial score (nSPS) is 10.8. The van der Waals surface area contributed by atoms with Gasteiger partial charge in [-0.05, 0) is 17.7 Å². The van der Waals surface area contributed by atoms with Crippen LogP contribution in [0, 0.1) is 5.82 Å². The standard InChI is InChI=1S/C8H6BrFN2/c9-3-5-1-6(10)8-7(2-5)11-4-12-8/h1-2,4H,3H2,(H,11,12). The number of imidazole rings is 1. The minimum absolute atomic E-state index is 0.275. The van der Waals surface area contributed by atoms with E-state index in [1.54, 1.807) is 0 Å². The number of hydrogen-bond acceptors (Lipinski definition) is 1. The molecule has 2 rings (SSSR count). The highest BCUT2D eigenvalue weighted by atomic mass is 79.9. The topological polar surface area (TPSA) is 28.7 Å². The minimum Gasteiger partial charge on any atom is -0.344 e. The van der Waals surface area contributed by atoms with Gasteiger partial charge in [-0.3, -0.25) is 0 Å². The number of aromatic nitrogens is 2. The SMILES string of the molecule is Fc1cc(CBr)cc2[nH]cnc12. The van der Waals surface area contributed by atoms with E-state index in [1.807, 2.05) is 6.07 Å². The second-order valence-electron chi connectivity index (χ2n) is 2.51. The molecule has 2 nitrogen and oxygen atoms in total. The van der Waals surface area contributed by atoms with Gasteiger partial charge in [-0.1, -0.05) is 15.9 Å². The molecule has 0 atom stereocenters. The van der Waals surface area contributed by atoms with Crippen LogP contribution in [0.25, 0.3) is 11.0 Å². The summed E-state index contributed by atoms with van der Waals surface area (Å²) in [6, 6.07) is 3.36. The lowest BCUT2D eigenvalue weighted by Gasteiger charge is -1.95. The number of H-pyrrole nitrogens is 1. The summed E-state index contributed by atoms with van der Waals surface area (Å²) in [5.41, 5.74) is 2.05. The van der Waals surface area contributed by atoms with Gasteiger partial charge in [-0.2, -0.15) is 0 Å². The number of hydrogen-bond donors (Lipinski definition) is 1. The highest BCUT2D eigenvalue weighted by Gasteiger charge is 2.04. The van der Waals surface area contributed by atoms with Crippen LogP contribution in [0.5, 0.6) is 0 Å². The maximum absolute atomic E-state index is 13.2. The van der Waals surface area contributed by atoms with Gasteiger partial charge >= 0.3 is 0 Å². The number of aromatic amines is 1. The zero-order chi connectivity index (χ0) is 8.55. The minimum atomic E-state index is -0.275. The van der Waals surface area contributed by atoms with E-state index >= 15 is 0 Å². The van der Waals surface area contributed by atoms with Gasteiger partial charge in [0.1, 0.15) is 5.52 Å². The molecule has 4 heteroatoms. The van der Waals surface area contributed by atoms with Gasteiger partial charge in [0.05, 0.1) is 11.8 Å². The van der Waals surface area contributed by atoms with E-state index in [4.69, 9.17) is 0 Å². The average Bonchev–Trinajstić information content (AvgIpc) is 2.52. The van der Waals surface area contributed by atoms with Crippen LogP contribution in [-0.2, 0) is 5.33 Å². The third kappa shape index (κ3) is 1.12. The molecule has 0 radical (unpaired) electrons. The van der Waals surface area contributed by atoms with Gasteiger partial charge < -0.3 is 4.98 Å². The first-order valence-electron chi connectivity index (χ1n) is 3.48. The van der Waals surface area contributed by atoms with E-state index in [-0.39, 0.29) is 5.82 Å². The lowest BCUT2D eigenvalue weighted by atomic mass is 10.2. The van der Waals surface area contributed by atoms with E-state index in [1.165, 1.54) is 12.4 Å². The van der Waals surface area contributed by atoms with Gasteiger partial charge in [0.2, 0.25) is 0 Å². The largest absolute Gasteiger partial charge is 0.344 e. The summed E-state index contributed by atoms with van der Waals surface area (Å²) < 4.78 is 13.2. The molecule has 0 aliphatic heterocycles. The molecule has 0 spiro atoms. The van der Waals surface area contributed by atoms with Crippen LogP contribution in [0.1, 0.15) is 5.56 Å². The second kappa shape index (κ2) is 2.86. The van der Waals surface area contributed by atoms with E-state index in [9.17, 15) is 4.39 Å². The zero-order valence-electron chi connectivity index (χ0n) is 6.14. The fourth-order valence-electron chi connectivity index (χ4n) is 1.14. The quantitative estimate of drug-likeness (QED) is 0.748. The summed E-state index contributed by atoms with van der Waals surface area (Å²) in [4.78, 5) is 6.71. The molecule has 0 fully saturated rings. The molecule has 0 bridgehead atoms. The summed E-state index contributed by atoms with van der Waals surface area (Å²) >= 11 is 3.26. The van der Waals surface area contributed by atoms with Crippen molar-refractivity contribution in [2.75, 3.05) is 0 Å². The Hall–Kier alpha value is -0.900. The predicted molar refractivity (Wildman–Crippen MR) is 48.7 cm³/mol. The van der Waals surface area contributed by atoms with Crippen molar-refractivity contribution in [3.8, 4) is 0 Å². The maximum Gasteiger partial charge on any atom is 0.151 e. The Kier molecular flexibility index (Phi) is 1.84. The molecule has 2 aromatic rings. The molecule has 0 saturated heterocycles. The van der Waals surface area contributed by atoms with Crippen molar-refractivity contribution in [1.82, 2.24) is 9.97 Å². The molecule has 1 heterocycles. The van der Waals surface area contributed by atoms with Crippen LogP contribution in [-0.4, -0.2) is 9.97 Å². The van der Waals surface area contributed by atoms with Crippen LogP contribution in [0.3, 0.4) is 0 Å². The third-order valence-corrected chi connectivity index (χ3v) is 2.34. The van der Waals surface area contributed by atoms with Crippen LogP contribution in [0.4, 0.5) is 4.39 Å². The summed E-state index contributed by atoms with van der Waals surface area (Å²) in [5, 5.41) is 0.652. The van der Waals surface area contributed by atoms with E-state index in [0.717, 1.165) is 11.1 Å². The summed E-state index contributed by atoms with van der Waals surface area (Å²) in [6.07, 6.45) is 1.49. The highest BCUT2D eigenvalue weighted by Crippen LogP contribution is 2.17. The average molecular weight is 229 g/mol. The number of benzene rings is 1. The Morgan fingerprint density at radius 3 is 3.08 bits per heavy atom. The Bertz CT molecular complexity index is 410. The number of halogens is 2. The first-order chi connectivity index (χ1) is 5.81. The molecule has 1 aromatic heterocycles. The molecule has 0 amide bonds. The molecular formula is C8H6BrFN2. The molecule has 0 aliphatic carbocycles. The first-order valence-corrected chi connectivity index (χ1v) is 4.61. The number of nitrogens with one attached hydrogen (secondary N) is 1. The molecule has 0 aliphatic rings. The smallest absolute Gasteiger partial charge is 0.151 e. The number of nitrogens with zero attached hydrogens (tertiary/aromatic N) is 1. The molecule has 0 saturated carbocycles. The number of rotatable bonds is 1. The Morgan fingerprint density at radius 1 is 1.50 bits per heavy atom. The summed E-state index contributed by atoms with van der Waals surface area (Å²) in [5.74, 6) is -0.275. The van der Waals surface area contributed by atoms with Gasteiger partial charge in [0.25, 0.3) is 0 Å². The molecular weight excluding hydrogens is 223 g/mol. The zero-order valence-corrected chi connectivity index (χ0v) is 7.73. The Balaban J connectivity index is 2.75. The van der Waals surface area contributed by atoms with Crippen molar-refractivity contribution in [3.63, 3.8) is 0 Å². The molecule has 1 aromatic carbocycles. The van der Waals surface area contributed by atoms with E-state index in [2.05, 4.69) is 25.9 Å². The summed E-state index contributed by atoms with van der Waals surface area (Å²) in [6.45, 7) is 0. The second-order valence-corrected chi connectivity index (χ2v) is 3.07. The monoisotopic (exact) mass is 228 g/mol. The van der Waals surface area contributed by atoms with Crippen molar-refractivity contribution < 1.29 is 4.39 Å². The lowest BCUT2D eigenvalue weighted by Crippen LogP contribution is -1.83. The lowest BCUT2D eigenvalue weighted by molar-refractivity contribution is 0.636. The van der Waals surface area contributed by atoms with Crippen molar-refractivity contribution in [1.29, 1.82) is 0 Å². The molecule has 0 unspecified atom stereocenters. The van der Waals surface area contributed by atoms with Gasteiger partial charge in [0.15, 0.2) is 5.82 Å². The molecule has 1 N–H and O–H groups in total. The predicted octanol–water partition coefficient (Wildman–Crippen LogP) is 2.60. The van der Waals surface area contributed by atoms with E-state index < -0.39 is 0 Å². The highest BCUT2D eigenvalue weighted by molar-refractivity contribution is 9.08. The van der Waals surface area contributed by atoms with Crippen molar-refractivity contribution in [2.45, 2.75) is 5.33 Å². The molecule has 12 heavy (non-hydrogen) atoms. The summed E-state index contributed by atoms with van der Waals surface area (Å²) in [7, 11) is 0. The Labute approximate surface area is 76.9 Å². The van der Waals surface area contributed by atoms with Gasteiger partial charge in [-0.25, -0.2) is 9.37 Å². The van der Waals surface area contributed by atoms with Crippen molar-refractivity contribution >= 4 is 27.0 Å². The van der Waals surface area contributed by atoms with Crippen LogP contribution in [0.15, 0.2) is 18.5 Å². The van der Waals surface area contributed by atoms with E-state index in [0.29, 0.717) is 10.8 Å². The van der Waals surface area contributed by atoms with Crippen LogP contribution >= 0.6 is 15.9 Å². The van der Waals surface area contributed by atoms with Gasteiger partial charge in [0, 0.05) is 5.33 Å². The first kappa shape index (κ1) is 7.73. The fraction of sp³-hybridized carbons (Fsp3) is 0.125. The maximum atomic E-state index is 13.2. The van der Waals surface area contributed by atoms with Crippen LogP contribution in [0.2, 0.25) is 0 Å². The molecule has 62 valence electrons. The number of fused-ring (bicyclic) bond motifs is 1.